The molecule has 120 valence electrons. The monoisotopic (exact) mass is 330 g/mol. The fourth-order valence-electron chi connectivity index (χ4n) is 2.87. The smallest absolute Gasteiger partial charge is 0.267 e. The maximum atomic E-state index is 13.2. The van der Waals surface area contributed by atoms with Gasteiger partial charge in [0.2, 0.25) is 0 Å². The summed E-state index contributed by atoms with van der Waals surface area (Å²) >= 11 is 0. The highest BCUT2D eigenvalue weighted by Crippen LogP contribution is 2.25. The zero-order valence-electron chi connectivity index (χ0n) is 12.8. The Hall–Kier alpha value is -3.88. The van der Waals surface area contributed by atoms with E-state index in [2.05, 4.69) is 25.3 Å². The number of benzene rings is 1. The Morgan fingerprint density at radius 3 is 2.56 bits per heavy atom. The van der Waals surface area contributed by atoms with Crippen molar-refractivity contribution in [1.29, 1.82) is 0 Å². The fourth-order valence-corrected chi connectivity index (χ4v) is 2.87. The Morgan fingerprint density at radius 2 is 1.76 bits per heavy atom. The van der Waals surface area contributed by atoms with Crippen molar-refractivity contribution in [2.24, 2.45) is 0 Å². The molecule has 1 aromatic carbocycles. The first-order chi connectivity index (χ1) is 12.3. The third-order valence-corrected chi connectivity index (χ3v) is 3.95. The van der Waals surface area contributed by atoms with Gasteiger partial charge in [0.1, 0.15) is 19.0 Å². The Morgan fingerprint density at radius 1 is 0.960 bits per heavy atom. The molecule has 0 aliphatic heterocycles. The summed E-state index contributed by atoms with van der Waals surface area (Å²) in [5.74, 6) is 0.438. The zero-order valence-corrected chi connectivity index (χ0v) is 12.8. The van der Waals surface area contributed by atoms with Gasteiger partial charge in [0.05, 0.1) is 16.6 Å². The van der Waals surface area contributed by atoms with Crippen LogP contribution in [0.2, 0.25) is 0 Å². The molecular formula is C16H10N8O. The fraction of sp³-hybridized carbons (Fsp3) is 0. The molecule has 9 nitrogen and oxygen atoms in total. The number of rotatable bonds is 2. The van der Waals surface area contributed by atoms with Gasteiger partial charge in [-0.05, 0) is 6.07 Å². The van der Waals surface area contributed by atoms with E-state index < -0.39 is 0 Å². The molecule has 0 fully saturated rings. The number of fused-ring (bicyclic) bond motifs is 2. The predicted octanol–water partition coefficient (Wildman–Crippen LogP) is 1.01. The van der Waals surface area contributed by atoms with Crippen molar-refractivity contribution in [3.05, 3.63) is 71.9 Å². The first-order valence-electron chi connectivity index (χ1n) is 7.49. The summed E-state index contributed by atoms with van der Waals surface area (Å²) in [6.07, 6.45) is 5.96. The second-order valence-corrected chi connectivity index (χ2v) is 5.37. The summed E-state index contributed by atoms with van der Waals surface area (Å²) in [5, 5.41) is 12.2. The Kier molecular flexibility index (Phi) is 2.74. The van der Waals surface area contributed by atoms with Crippen LogP contribution in [0.3, 0.4) is 0 Å². The first kappa shape index (κ1) is 13.5. The van der Waals surface area contributed by atoms with Crippen LogP contribution in [-0.4, -0.2) is 39.1 Å². The van der Waals surface area contributed by atoms with Crippen molar-refractivity contribution in [1.82, 2.24) is 39.1 Å². The second kappa shape index (κ2) is 5.06. The van der Waals surface area contributed by atoms with Gasteiger partial charge in [-0.1, -0.05) is 30.3 Å². The lowest BCUT2D eigenvalue weighted by molar-refractivity contribution is 0.632. The van der Waals surface area contributed by atoms with Gasteiger partial charge in [-0.3, -0.25) is 4.79 Å². The summed E-state index contributed by atoms with van der Waals surface area (Å²) in [4.78, 5) is 21.8. The van der Waals surface area contributed by atoms with Gasteiger partial charge in [-0.15, -0.1) is 10.2 Å². The van der Waals surface area contributed by atoms with Crippen molar-refractivity contribution in [2.45, 2.75) is 0 Å². The minimum absolute atomic E-state index is 0.249. The quantitative estimate of drug-likeness (QED) is 0.479. The summed E-state index contributed by atoms with van der Waals surface area (Å²) in [6.45, 7) is 0. The number of hydrogen-bond acceptors (Lipinski definition) is 6. The molecule has 0 amide bonds. The van der Waals surface area contributed by atoms with Crippen LogP contribution in [0, 0.1) is 0 Å². The molecule has 0 radical (unpaired) electrons. The van der Waals surface area contributed by atoms with Crippen molar-refractivity contribution in [3.63, 3.8) is 0 Å². The summed E-state index contributed by atoms with van der Waals surface area (Å²) in [5.41, 5.74) is 1.80. The predicted molar refractivity (Wildman–Crippen MR) is 88.8 cm³/mol. The highest BCUT2D eigenvalue weighted by atomic mass is 16.1. The molecule has 0 aliphatic rings. The van der Waals surface area contributed by atoms with Gasteiger partial charge in [-0.2, -0.15) is 14.6 Å². The first-order valence-corrected chi connectivity index (χ1v) is 7.49. The highest BCUT2D eigenvalue weighted by Gasteiger charge is 2.17. The van der Waals surface area contributed by atoms with E-state index in [1.54, 1.807) is 16.8 Å². The van der Waals surface area contributed by atoms with E-state index in [9.17, 15) is 4.79 Å². The third-order valence-electron chi connectivity index (χ3n) is 3.95. The minimum Gasteiger partial charge on any atom is -0.267 e. The lowest BCUT2D eigenvalue weighted by atomic mass is 10.1. The SMILES string of the molecule is O=c1c2c(-c3ccccc3)n3ncnc3nc2ccn1-n1cnnc1. The van der Waals surface area contributed by atoms with Crippen LogP contribution in [0.15, 0.2) is 66.4 Å². The number of aromatic nitrogens is 8. The molecule has 0 atom stereocenters. The lowest BCUT2D eigenvalue weighted by Crippen LogP contribution is -2.25. The molecule has 4 aromatic heterocycles. The van der Waals surface area contributed by atoms with Crippen LogP contribution in [-0.2, 0) is 0 Å². The molecule has 5 aromatic rings. The van der Waals surface area contributed by atoms with Gasteiger partial charge in [0.25, 0.3) is 11.3 Å². The molecule has 25 heavy (non-hydrogen) atoms. The van der Waals surface area contributed by atoms with Gasteiger partial charge in [-0.25, -0.2) is 14.3 Å². The van der Waals surface area contributed by atoms with E-state index in [1.165, 1.54) is 28.3 Å². The summed E-state index contributed by atoms with van der Waals surface area (Å²) in [6, 6.07) is 11.3. The van der Waals surface area contributed by atoms with Crippen molar-refractivity contribution in [3.8, 4) is 11.3 Å². The van der Waals surface area contributed by atoms with E-state index in [4.69, 9.17) is 0 Å². The van der Waals surface area contributed by atoms with Crippen molar-refractivity contribution >= 4 is 16.7 Å². The molecule has 4 heterocycles. The number of nitrogens with zero attached hydrogens (tertiary/aromatic N) is 8. The second-order valence-electron chi connectivity index (χ2n) is 5.37. The van der Waals surface area contributed by atoms with E-state index in [0.717, 1.165) is 5.56 Å². The zero-order chi connectivity index (χ0) is 16.8. The van der Waals surface area contributed by atoms with Crippen molar-refractivity contribution in [2.75, 3.05) is 0 Å². The normalized spacial score (nSPS) is 11.4. The topological polar surface area (TPSA) is 95.8 Å². The van der Waals surface area contributed by atoms with E-state index in [0.29, 0.717) is 22.4 Å². The van der Waals surface area contributed by atoms with Crippen LogP contribution in [0.5, 0.6) is 0 Å². The molecule has 0 aliphatic carbocycles. The van der Waals surface area contributed by atoms with E-state index >= 15 is 0 Å². The largest absolute Gasteiger partial charge is 0.281 e. The van der Waals surface area contributed by atoms with Crippen LogP contribution >= 0.6 is 0 Å². The molecule has 0 N–H and O–H groups in total. The summed E-state index contributed by atoms with van der Waals surface area (Å²) < 4.78 is 4.50. The standard InChI is InChI=1S/C16H10N8O/c25-15-13-12(6-7-23(15)22-9-18-19-10-22)21-16-17-8-20-24(16)14(13)11-4-2-1-3-5-11/h1-10H. The van der Waals surface area contributed by atoms with E-state index in [1.807, 2.05) is 30.3 Å². The number of pyridine rings is 1. The molecular weight excluding hydrogens is 320 g/mol. The van der Waals surface area contributed by atoms with Gasteiger partial charge in [0, 0.05) is 11.8 Å². The van der Waals surface area contributed by atoms with Crippen LogP contribution in [0.1, 0.15) is 0 Å². The number of hydrogen-bond donors (Lipinski definition) is 0. The Labute approximate surface area is 139 Å². The lowest BCUT2D eigenvalue weighted by Gasteiger charge is -2.11. The average molecular weight is 330 g/mol. The molecule has 0 saturated carbocycles. The van der Waals surface area contributed by atoms with Gasteiger partial charge >= 0.3 is 0 Å². The molecule has 0 unspecified atom stereocenters. The molecule has 9 heteroatoms. The third kappa shape index (κ3) is 1.96. The minimum atomic E-state index is -0.249. The Balaban J connectivity index is 1.98. The molecule has 0 saturated heterocycles. The maximum Gasteiger partial charge on any atom is 0.281 e. The van der Waals surface area contributed by atoms with Crippen molar-refractivity contribution < 1.29 is 0 Å². The molecule has 0 spiro atoms. The van der Waals surface area contributed by atoms with Crippen LogP contribution < -0.4 is 5.56 Å². The highest BCUT2D eigenvalue weighted by molar-refractivity contribution is 5.93. The summed E-state index contributed by atoms with van der Waals surface area (Å²) in [7, 11) is 0. The maximum absolute atomic E-state index is 13.2. The average Bonchev–Trinajstić information content (AvgIpc) is 3.32. The van der Waals surface area contributed by atoms with Crippen LogP contribution in [0.25, 0.3) is 27.9 Å². The van der Waals surface area contributed by atoms with Gasteiger partial charge in [0.15, 0.2) is 0 Å². The van der Waals surface area contributed by atoms with E-state index in [-0.39, 0.29) is 5.56 Å². The molecule has 5 rings (SSSR count). The van der Waals surface area contributed by atoms with Gasteiger partial charge < -0.3 is 0 Å². The molecule has 0 bridgehead atoms. The van der Waals surface area contributed by atoms with Crippen LogP contribution in [0.4, 0.5) is 0 Å². The Bertz CT molecular complexity index is 1250.